The van der Waals surface area contributed by atoms with Crippen molar-refractivity contribution in [1.82, 2.24) is 9.88 Å². The van der Waals surface area contributed by atoms with Crippen LogP contribution in [0.1, 0.15) is 24.4 Å². The molecular formula is C16H19FN2O2. The Morgan fingerprint density at radius 3 is 2.14 bits per heavy atom. The Balaban J connectivity index is 2.04. The molecule has 1 aromatic heterocycles. The predicted octanol–water partition coefficient (Wildman–Crippen LogP) is 2.63. The Kier molecular flexibility index (Phi) is 3.84. The van der Waals surface area contributed by atoms with Crippen LogP contribution in [0.4, 0.5) is 4.39 Å². The first-order valence-corrected chi connectivity index (χ1v) is 7.22. The third kappa shape index (κ3) is 2.74. The van der Waals surface area contributed by atoms with Crippen LogP contribution in [0.5, 0.6) is 11.8 Å². The molecule has 0 saturated carbocycles. The van der Waals surface area contributed by atoms with E-state index in [9.17, 15) is 14.6 Å². The fourth-order valence-corrected chi connectivity index (χ4v) is 3.16. The minimum absolute atomic E-state index is 0.0281. The van der Waals surface area contributed by atoms with Crippen LogP contribution in [0.3, 0.4) is 0 Å². The molecule has 0 aliphatic carbocycles. The molecule has 112 valence electrons. The minimum atomic E-state index is -0.288. The summed E-state index contributed by atoms with van der Waals surface area (Å²) in [5.74, 6) is 0.0467. The standard InChI is InChI=1S/C16H19FN2O2/c17-13-3-1-11(2-4-13)16(12-7-9-18-10-8-12)19-14(20)5-6-15(19)21/h1-6,12,16,18,20-21H,7-10H2. The Hall–Kier alpha value is -2.01. The van der Waals surface area contributed by atoms with Crippen LogP contribution in [0.15, 0.2) is 36.4 Å². The van der Waals surface area contributed by atoms with Gasteiger partial charge in [0, 0.05) is 12.1 Å². The summed E-state index contributed by atoms with van der Waals surface area (Å²) in [4.78, 5) is 0. The van der Waals surface area contributed by atoms with Crippen molar-refractivity contribution in [2.45, 2.75) is 18.9 Å². The molecule has 1 fully saturated rings. The van der Waals surface area contributed by atoms with Crippen LogP contribution in [-0.2, 0) is 0 Å². The van der Waals surface area contributed by atoms with E-state index in [1.165, 1.54) is 28.8 Å². The number of aromatic nitrogens is 1. The summed E-state index contributed by atoms with van der Waals surface area (Å²) in [6.45, 7) is 1.82. The van der Waals surface area contributed by atoms with E-state index in [2.05, 4.69) is 5.32 Å². The zero-order valence-electron chi connectivity index (χ0n) is 11.7. The van der Waals surface area contributed by atoms with Gasteiger partial charge in [0.2, 0.25) is 0 Å². The van der Waals surface area contributed by atoms with Crippen molar-refractivity contribution in [3.05, 3.63) is 47.8 Å². The SMILES string of the molecule is Oc1ccc(O)n1C(c1ccc(F)cc1)C1CCNCC1. The van der Waals surface area contributed by atoms with Gasteiger partial charge in [0.1, 0.15) is 5.82 Å². The second kappa shape index (κ2) is 5.77. The molecule has 0 radical (unpaired) electrons. The molecule has 1 saturated heterocycles. The average Bonchev–Trinajstić information content (AvgIpc) is 2.83. The van der Waals surface area contributed by atoms with Crippen molar-refractivity contribution in [3.8, 4) is 11.8 Å². The lowest BCUT2D eigenvalue weighted by Crippen LogP contribution is -2.33. The van der Waals surface area contributed by atoms with Gasteiger partial charge in [-0.2, -0.15) is 0 Å². The van der Waals surface area contributed by atoms with Crippen LogP contribution in [-0.4, -0.2) is 27.9 Å². The molecule has 5 heteroatoms. The van der Waals surface area contributed by atoms with Crippen molar-refractivity contribution >= 4 is 0 Å². The van der Waals surface area contributed by atoms with E-state index in [4.69, 9.17) is 0 Å². The summed E-state index contributed by atoms with van der Waals surface area (Å²) in [6, 6.07) is 9.05. The highest BCUT2D eigenvalue weighted by atomic mass is 19.1. The van der Waals surface area contributed by atoms with Crippen LogP contribution in [0.2, 0.25) is 0 Å². The van der Waals surface area contributed by atoms with Gasteiger partial charge in [-0.15, -0.1) is 0 Å². The smallest absolute Gasteiger partial charge is 0.194 e. The van der Waals surface area contributed by atoms with E-state index in [0.717, 1.165) is 31.5 Å². The molecule has 4 nitrogen and oxygen atoms in total. The molecule has 1 aliphatic heterocycles. The number of nitrogens with one attached hydrogen (secondary N) is 1. The van der Waals surface area contributed by atoms with E-state index in [0.29, 0.717) is 0 Å². The maximum absolute atomic E-state index is 13.2. The van der Waals surface area contributed by atoms with Crippen LogP contribution < -0.4 is 5.32 Å². The summed E-state index contributed by atoms with van der Waals surface area (Å²) >= 11 is 0. The highest BCUT2D eigenvalue weighted by Crippen LogP contribution is 2.39. The van der Waals surface area contributed by atoms with Crippen LogP contribution >= 0.6 is 0 Å². The Labute approximate surface area is 122 Å². The quantitative estimate of drug-likeness (QED) is 0.814. The fraction of sp³-hybridized carbons (Fsp3) is 0.375. The van der Waals surface area contributed by atoms with E-state index >= 15 is 0 Å². The Morgan fingerprint density at radius 2 is 1.57 bits per heavy atom. The van der Waals surface area contributed by atoms with Gasteiger partial charge in [0.25, 0.3) is 0 Å². The normalized spacial score (nSPS) is 17.8. The number of aromatic hydroxyl groups is 2. The van der Waals surface area contributed by atoms with E-state index in [1.54, 1.807) is 12.1 Å². The first kappa shape index (κ1) is 13.9. The van der Waals surface area contributed by atoms with Crippen molar-refractivity contribution in [3.63, 3.8) is 0 Å². The zero-order chi connectivity index (χ0) is 14.8. The van der Waals surface area contributed by atoms with E-state index in [1.807, 2.05) is 0 Å². The van der Waals surface area contributed by atoms with Gasteiger partial charge >= 0.3 is 0 Å². The molecule has 1 aromatic carbocycles. The molecule has 1 unspecified atom stereocenters. The van der Waals surface area contributed by atoms with Gasteiger partial charge in [-0.3, -0.25) is 4.57 Å². The molecule has 2 aromatic rings. The Morgan fingerprint density at radius 1 is 1.00 bits per heavy atom. The third-order valence-electron chi connectivity index (χ3n) is 4.20. The fourth-order valence-electron chi connectivity index (χ4n) is 3.16. The lowest BCUT2D eigenvalue weighted by molar-refractivity contribution is 0.253. The monoisotopic (exact) mass is 290 g/mol. The molecule has 3 rings (SSSR count). The highest BCUT2D eigenvalue weighted by Gasteiger charge is 2.29. The summed E-state index contributed by atoms with van der Waals surface area (Å²) in [6.07, 6.45) is 1.89. The lowest BCUT2D eigenvalue weighted by atomic mass is 9.85. The van der Waals surface area contributed by atoms with Crippen LogP contribution in [0.25, 0.3) is 0 Å². The second-order valence-corrected chi connectivity index (χ2v) is 5.50. The van der Waals surface area contributed by atoms with Crippen molar-refractivity contribution in [1.29, 1.82) is 0 Å². The van der Waals surface area contributed by atoms with Crippen molar-refractivity contribution in [2.24, 2.45) is 5.92 Å². The number of halogens is 1. The second-order valence-electron chi connectivity index (χ2n) is 5.50. The maximum atomic E-state index is 13.2. The lowest BCUT2D eigenvalue weighted by Gasteiger charge is -2.32. The van der Waals surface area contributed by atoms with E-state index in [-0.39, 0.29) is 29.5 Å². The molecule has 0 bridgehead atoms. The van der Waals surface area contributed by atoms with Gasteiger partial charge in [-0.25, -0.2) is 4.39 Å². The summed E-state index contributed by atoms with van der Waals surface area (Å²) < 4.78 is 14.7. The molecule has 21 heavy (non-hydrogen) atoms. The van der Waals surface area contributed by atoms with Crippen molar-refractivity contribution in [2.75, 3.05) is 13.1 Å². The number of hydrogen-bond donors (Lipinski definition) is 3. The summed E-state index contributed by atoms with van der Waals surface area (Å²) in [7, 11) is 0. The molecule has 0 spiro atoms. The van der Waals surface area contributed by atoms with Gasteiger partial charge < -0.3 is 15.5 Å². The number of benzene rings is 1. The molecule has 2 heterocycles. The summed E-state index contributed by atoms with van der Waals surface area (Å²) in [5.41, 5.74) is 0.894. The van der Waals surface area contributed by atoms with E-state index < -0.39 is 0 Å². The van der Waals surface area contributed by atoms with Crippen LogP contribution in [0, 0.1) is 11.7 Å². The van der Waals surface area contributed by atoms with Gasteiger partial charge in [-0.05, 0) is 49.5 Å². The minimum Gasteiger partial charge on any atom is -0.494 e. The number of piperidine rings is 1. The zero-order valence-corrected chi connectivity index (χ0v) is 11.7. The molecule has 1 atom stereocenters. The van der Waals surface area contributed by atoms with Gasteiger partial charge in [0.15, 0.2) is 11.8 Å². The number of nitrogens with zero attached hydrogens (tertiary/aromatic N) is 1. The topological polar surface area (TPSA) is 57.4 Å². The first-order chi connectivity index (χ1) is 10.2. The molecular weight excluding hydrogens is 271 g/mol. The average molecular weight is 290 g/mol. The molecule has 1 aliphatic rings. The van der Waals surface area contributed by atoms with Gasteiger partial charge in [-0.1, -0.05) is 12.1 Å². The number of hydrogen-bond acceptors (Lipinski definition) is 3. The number of rotatable bonds is 3. The van der Waals surface area contributed by atoms with Gasteiger partial charge in [0.05, 0.1) is 6.04 Å². The highest BCUT2D eigenvalue weighted by molar-refractivity contribution is 5.31. The molecule has 0 amide bonds. The summed E-state index contributed by atoms with van der Waals surface area (Å²) in [5, 5.41) is 23.4. The Bertz CT molecular complexity index is 584. The maximum Gasteiger partial charge on any atom is 0.194 e. The predicted molar refractivity (Wildman–Crippen MR) is 77.9 cm³/mol. The third-order valence-corrected chi connectivity index (χ3v) is 4.20. The molecule has 3 N–H and O–H groups in total. The largest absolute Gasteiger partial charge is 0.494 e. The first-order valence-electron chi connectivity index (χ1n) is 7.22. The van der Waals surface area contributed by atoms with Crippen molar-refractivity contribution < 1.29 is 14.6 Å².